The Morgan fingerprint density at radius 2 is 1.90 bits per heavy atom. The molecule has 146 valence electrons. The number of carbonyl (C=O) groups is 1. The fraction of sp³-hybridized carbons (Fsp3) is 0.174. The number of thiocarbonyl (C=S) groups is 1. The highest BCUT2D eigenvalue weighted by Crippen LogP contribution is 2.27. The molecule has 0 bridgehead atoms. The molecule has 4 rings (SSSR count). The summed E-state index contributed by atoms with van der Waals surface area (Å²) in [5, 5.41) is 8.81. The van der Waals surface area contributed by atoms with E-state index in [0.29, 0.717) is 10.7 Å². The van der Waals surface area contributed by atoms with E-state index in [9.17, 15) is 4.79 Å². The third-order valence-electron chi connectivity index (χ3n) is 4.73. The van der Waals surface area contributed by atoms with Crippen LogP contribution >= 0.6 is 23.6 Å². The molecule has 3 aromatic carbocycles. The topological polar surface area (TPSA) is 54.0 Å². The van der Waals surface area contributed by atoms with Crippen LogP contribution in [0.5, 0.6) is 0 Å². The van der Waals surface area contributed by atoms with E-state index in [0.717, 1.165) is 27.4 Å². The third kappa shape index (κ3) is 4.60. The van der Waals surface area contributed by atoms with Gasteiger partial charge < -0.3 is 5.32 Å². The van der Waals surface area contributed by atoms with E-state index in [1.54, 1.807) is 6.07 Å². The average Bonchev–Trinajstić information content (AvgIpc) is 3.13. The standard InChI is InChI=1S/C23H21N3OS2/c1-2-3-6-15-9-12-19-20(13-15)29-23(24-19)26-22(28)25-21(27)18-11-10-16-7-4-5-8-17(16)14-18/h4-5,7-14H,2-3,6H2,1H3,(H2,24,25,26,27,28). The Hall–Kier alpha value is -2.83. The van der Waals surface area contributed by atoms with Crippen LogP contribution < -0.4 is 10.6 Å². The summed E-state index contributed by atoms with van der Waals surface area (Å²) in [6.45, 7) is 2.19. The van der Waals surface area contributed by atoms with E-state index in [2.05, 4.69) is 34.7 Å². The van der Waals surface area contributed by atoms with Gasteiger partial charge in [0.15, 0.2) is 10.2 Å². The van der Waals surface area contributed by atoms with Crippen LogP contribution in [-0.4, -0.2) is 16.0 Å². The number of nitrogens with one attached hydrogen (secondary N) is 2. The molecular formula is C23H21N3OS2. The number of aromatic nitrogens is 1. The fourth-order valence-corrected chi connectivity index (χ4v) is 4.38. The number of thiazole rings is 1. The van der Waals surface area contributed by atoms with Crippen LogP contribution in [0.15, 0.2) is 60.7 Å². The largest absolute Gasteiger partial charge is 0.308 e. The number of unbranched alkanes of at least 4 members (excludes halogenated alkanes) is 1. The summed E-state index contributed by atoms with van der Waals surface area (Å²) in [7, 11) is 0. The van der Waals surface area contributed by atoms with Gasteiger partial charge in [-0.1, -0.05) is 61.1 Å². The normalized spacial score (nSPS) is 10.9. The fourth-order valence-electron chi connectivity index (χ4n) is 3.19. The third-order valence-corrected chi connectivity index (χ3v) is 5.87. The van der Waals surface area contributed by atoms with Crippen molar-refractivity contribution in [2.45, 2.75) is 26.2 Å². The molecule has 6 heteroatoms. The molecule has 2 N–H and O–H groups in total. The quantitative estimate of drug-likeness (QED) is 0.394. The van der Waals surface area contributed by atoms with Gasteiger partial charge in [0.05, 0.1) is 10.2 Å². The minimum Gasteiger partial charge on any atom is -0.308 e. The number of nitrogens with zero attached hydrogens (tertiary/aromatic N) is 1. The highest BCUT2D eigenvalue weighted by molar-refractivity contribution is 7.80. The molecule has 0 fully saturated rings. The van der Waals surface area contributed by atoms with E-state index in [1.807, 2.05) is 42.5 Å². The Bertz CT molecular complexity index is 1200. The number of benzene rings is 3. The number of amides is 1. The molecule has 4 aromatic rings. The second-order valence-corrected chi connectivity index (χ2v) is 8.33. The zero-order valence-electron chi connectivity index (χ0n) is 16.1. The summed E-state index contributed by atoms with van der Waals surface area (Å²) in [5.41, 5.74) is 2.82. The Morgan fingerprint density at radius 1 is 1.07 bits per heavy atom. The van der Waals surface area contributed by atoms with Crippen LogP contribution in [0.1, 0.15) is 35.7 Å². The van der Waals surface area contributed by atoms with Crippen LogP contribution in [0.4, 0.5) is 5.13 Å². The first-order valence-electron chi connectivity index (χ1n) is 9.63. The van der Waals surface area contributed by atoms with Crippen LogP contribution in [0.2, 0.25) is 0 Å². The number of hydrogen-bond acceptors (Lipinski definition) is 4. The highest BCUT2D eigenvalue weighted by Gasteiger charge is 2.11. The Kier molecular flexibility index (Phi) is 5.83. The van der Waals surface area contributed by atoms with Gasteiger partial charge in [-0.2, -0.15) is 0 Å². The van der Waals surface area contributed by atoms with E-state index in [-0.39, 0.29) is 11.0 Å². The van der Waals surface area contributed by atoms with Gasteiger partial charge in [0.1, 0.15) is 0 Å². The summed E-state index contributed by atoms with van der Waals surface area (Å²) in [6.07, 6.45) is 3.44. The monoisotopic (exact) mass is 419 g/mol. The predicted octanol–water partition coefficient (Wildman–Crippen LogP) is 5.92. The molecule has 4 nitrogen and oxygen atoms in total. The summed E-state index contributed by atoms with van der Waals surface area (Å²) in [6, 6.07) is 19.9. The maximum atomic E-state index is 12.6. The second kappa shape index (κ2) is 8.68. The predicted molar refractivity (Wildman–Crippen MR) is 126 cm³/mol. The number of aryl methyl sites for hydroxylation is 1. The zero-order chi connectivity index (χ0) is 20.2. The van der Waals surface area contributed by atoms with Crippen LogP contribution in [0.25, 0.3) is 21.0 Å². The van der Waals surface area contributed by atoms with Crippen molar-refractivity contribution in [3.05, 3.63) is 71.8 Å². The van der Waals surface area contributed by atoms with Crippen LogP contribution in [-0.2, 0) is 6.42 Å². The van der Waals surface area contributed by atoms with Crippen molar-refractivity contribution in [2.24, 2.45) is 0 Å². The van der Waals surface area contributed by atoms with Crippen molar-refractivity contribution in [3.8, 4) is 0 Å². The van der Waals surface area contributed by atoms with Gasteiger partial charge in [-0.25, -0.2) is 4.98 Å². The summed E-state index contributed by atoms with van der Waals surface area (Å²) in [4.78, 5) is 17.1. The minimum atomic E-state index is -0.240. The lowest BCUT2D eigenvalue weighted by Gasteiger charge is -2.08. The van der Waals surface area contributed by atoms with Crippen molar-refractivity contribution < 1.29 is 4.79 Å². The highest BCUT2D eigenvalue weighted by atomic mass is 32.1. The number of rotatable bonds is 5. The molecule has 0 atom stereocenters. The van der Waals surface area contributed by atoms with Crippen LogP contribution in [0, 0.1) is 0 Å². The van der Waals surface area contributed by atoms with Gasteiger partial charge in [-0.3, -0.25) is 10.1 Å². The molecule has 29 heavy (non-hydrogen) atoms. The second-order valence-electron chi connectivity index (χ2n) is 6.89. The lowest BCUT2D eigenvalue weighted by molar-refractivity contribution is 0.0978. The summed E-state index contributed by atoms with van der Waals surface area (Å²) < 4.78 is 1.12. The first-order valence-corrected chi connectivity index (χ1v) is 10.9. The van der Waals surface area contributed by atoms with Crippen molar-refractivity contribution in [2.75, 3.05) is 5.32 Å². The van der Waals surface area contributed by atoms with Gasteiger partial charge in [0, 0.05) is 5.56 Å². The Labute approximate surface area is 179 Å². The molecule has 1 aromatic heterocycles. The molecule has 0 aliphatic heterocycles. The van der Waals surface area contributed by atoms with Gasteiger partial charge in [0.2, 0.25) is 0 Å². The number of anilines is 1. The smallest absolute Gasteiger partial charge is 0.257 e. The van der Waals surface area contributed by atoms with Gasteiger partial charge in [0.25, 0.3) is 5.91 Å². The average molecular weight is 420 g/mol. The molecule has 0 radical (unpaired) electrons. The summed E-state index contributed by atoms with van der Waals surface area (Å²) >= 11 is 6.86. The van der Waals surface area contributed by atoms with Crippen molar-refractivity contribution in [3.63, 3.8) is 0 Å². The van der Waals surface area contributed by atoms with Crippen molar-refractivity contribution >= 4 is 60.7 Å². The minimum absolute atomic E-state index is 0.240. The zero-order valence-corrected chi connectivity index (χ0v) is 17.7. The van der Waals surface area contributed by atoms with Crippen molar-refractivity contribution in [1.29, 1.82) is 0 Å². The molecule has 0 saturated carbocycles. The molecule has 1 heterocycles. The van der Waals surface area contributed by atoms with Gasteiger partial charge >= 0.3 is 0 Å². The molecule has 0 spiro atoms. The van der Waals surface area contributed by atoms with Crippen LogP contribution in [0.3, 0.4) is 0 Å². The van der Waals surface area contributed by atoms with E-state index >= 15 is 0 Å². The molecule has 1 amide bonds. The first kappa shape index (κ1) is 19.5. The van der Waals surface area contributed by atoms with Gasteiger partial charge in [-0.15, -0.1) is 0 Å². The van der Waals surface area contributed by atoms with Crippen molar-refractivity contribution in [1.82, 2.24) is 10.3 Å². The lowest BCUT2D eigenvalue weighted by atomic mass is 10.1. The van der Waals surface area contributed by atoms with E-state index < -0.39 is 0 Å². The first-order chi connectivity index (χ1) is 14.1. The van der Waals surface area contributed by atoms with E-state index in [4.69, 9.17) is 12.2 Å². The maximum absolute atomic E-state index is 12.6. The Balaban J connectivity index is 1.43. The molecule has 0 aliphatic rings. The number of hydrogen-bond donors (Lipinski definition) is 2. The molecule has 0 aliphatic carbocycles. The molecular weight excluding hydrogens is 398 g/mol. The maximum Gasteiger partial charge on any atom is 0.257 e. The number of fused-ring (bicyclic) bond motifs is 2. The SMILES string of the molecule is CCCCc1ccc2nc(NC(=S)NC(=O)c3ccc4ccccc4c3)sc2c1. The molecule has 0 saturated heterocycles. The molecule has 0 unspecified atom stereocenters. The Morgan fingerprint density at radius 3 is 2.72 bits per heavy atom. The van der Waals surface area contributed by atoms with Gasteiger partial charge in [-0.05, 0) is 65.7 Å². The van der Waals surface area contributed by atoms with E-state index in [1.165, 1.54) is 29.7 Å². The lowest BCUT2D eigenvalue weighted by Crippen LogP contribution is -2.34. The summed E-state index contributed by atoms with van der Waals surface area (Å²) in [5.74, 6) is -0.240. The number of carbonyl (C=O) groups excluding carboxylic acids is 1.